The van der Waals surface area contributed by atoms with Crippen molar-refractivity contribution in [2.45, 2.75) is 37.6 Å². The minimum atomic E-state index is -3.79. The molecule has 0 spiro atoms. The van der Waals surface area contributed by atoms with E-state index in [0.29, 0.717) is 71.8 Å². The number of aromatic nitrogens is 10. The Morgan fingerprint density at radius 3 is 0.691 bits per heavy atom. The van der Waals surface area contributed by atoms with E-state index in [1.165, 1.54) is 60.7 Å². The number of phenols is 5. The summed E-state index contributed by atoms with van der Waals surface area (Å²) in [6.45, 7) is 1.54. The van der Waals surface area contributed by atoms with Crippen molar-refractivity contribution in [2.24, 2.45) is 25.7 Å². The Kier molecular flexibility index (Phi) is 32.1. The van der Waals surface area contributed by atoms with Gasteiger partial charge in [-0.25, -0.2) is 91.2 Å². The van der Waals surface area contributed by atoms with Crippen molar-refractivity contribution >= 4 is 84.9 Å². The minimum Gasteiger partial charge on any atom is -0.508 e. The summed E-state index contributed by atoms with van der Waals surface area (Å²) in [5.74, 6) is 0.765. The lowest BCUT2D eigenvalue weighted by molar-refractivity contribution is 0.475. The van der Waals surface area contributed by atoms with Gasteiger partial charge in [0.2, 0.25) is 50.1 Å². The number of primary sulfonamides is 5. The van der Waals surface area contributed by atoms with E-state index >= 15 is 0 Å². The monoisotopic (exact) mass is 2140 g/mol. The van der Waals surface area contributed by atoms with Gasteiger partial charge in [-0.05, 0) is 298 Å². The fourth-order valence-corrected chi connectivity index (χ4v) is 18.6. The number of sulfonamides is 5. The minimum absolute atomic E-state index is 0.0161. The molecule has 0 fully saturated rings. The third-order valence-corrected chi connectivity index (χ3v) is 28.5. The Morgan fingerprint density at radius 2 is 0.456 bits per heavy atom. The number of phenolic OH excluding ortho intramolecular Hbond substituents is 5. The largest absolute Gasteiger partial charge is 0.508 e. The smallest absolute Gasteiger partial charge is 0.238 e. The number of rotatable bonds is 24. The van der Waals surface area contributed by atoms with Crippen molar-refractivity contribution in [1.29, 1.82) is 0 Å². The van der Waals surface area contributed by atoms with Crippen LogP contribution in [-0.4, -0.2) is 131 Å². The van der Waals surface area contributed by atoms with Crippen molar-refractivity contribution in [3.05, 3.63) is 421 Å². The fraction of sp³-hybridized carbons (Fsp3) is 0.0367. The molecule has 0 unspecified atom stereocenters. The highest BCUT2D eigenvalue weighted by Crippen LogP contribution is 2.40. The zero-order valence-corrected chi connectivity index (χ0v) is 85.1. The SMILES string of the molecule is CNCc1ccc(-c2cc(-c3ccc(O)cc3)nn2-c2ccc(S(N)(=O)=O)cc2)cc1.CNCc1ccc(-c2cc(-c3cccc(O)c3)nn2-c2ccc(S(N)(=O)=O)cc2)cc1.NS(=O)(=O)c1ccc(-n2nc(-c3ccc(O)cc3)cc2-c2ccc(Cl)cc2)cc1.NS(=O)(=O)c1ccc(-n2nc(-c3cccc(O)c3)cc2-c2ccc(Cl)cc2)cc1.NS(=O)(=O)c1ccc(-n2nc(-c3ccccc3O)cc2-c2ccc(Cl)cc2)cc1. The van der Waals surface area contributed by atoms with Crippen LogP contribution in [0, 0.1) is 0 Å². The van der Waals surface area contributed by atoms with E-state index in [1.54, 1.807) is 224 Å². The number of aromatic hydroxyl groups is 5. The Bertz CT molecular complexity index is 8830. The number of nitrogens with zero attached hydrogens (tertiary/aromatic N) is 10. The molecular formula is C109H92Cl3N17O15S5. The lowest BCUT2D eigenvalue weighted by Crippen LogP contribution is -2.12. The Balaban J connectivity index is 0.000000133. The van der Waals surface area contributed by atoms with Crippen LogP contribution < -0.4 is 36.3 Å². The maximum Gasteiger partial charge on any atom is 0.238 e. The highest BCUT2D eigenvalue weighted by Gasteiger charge is 2.24. The van der Waals surface area contributed by atoms with Gasteiger partial charge in [-0.3, -0.25) is 0 Å². The summed E-state index contributed by atoms with van der Waals surface area (Å²) >= 11 is 18.0. The zero-order chi connectivity index (χ0) is 106. The average Bonchev–Trinajstić information content (AvgIpc) is 1.66. The molecule has 5 heterocycles. The first-order chi connectivity index (χ1) is 71.1. The average molecular weight is 2150 g/mol. The second-order valence-electron chi connectivity index (χ2n) is 33.5. The highest BCUT2D eigenvalue weighted by atomic mass is 35.5. The molecular weight excluding hydrogens is 2050 g/mol. The Labute approximate surface area is 873 Å². The molecule has 149 heavy (non-hydrogen) atoms. The molecule has 754 valence electrons. The van der Waals surface area contributed by atoms with Crippen molar-refractivity contribution in [2.75, 3.05) is 14.1 Å². The second-order valence-corrected chi connectivity index (χ2v) is 42.6. The van der Waals surface area contributed by atoms with Crippen LogP contribution >= 0.6 is 34.8 Å². The van der Waals surface area contributed by atoms with E-state index in [0.717, 1.165) is 108 Å². The quantitative estimate of drug-likeness (QED) is 0.0267. The predicted molar refractivity (Wildman–Crippen MR) is 578 cm³/mol. The number of hydrogen-bond donors (Lipinski definition) is 12. The van der Waals surface area contributed by atoms with Crippen LogP contribution in [0.4, 0.5) is 0 Å². The number of nitrogens with two attached hydrogens (primary N) is 5. The maximum atomic E-state index is 11.6. The first-order valence-corrected chi connectivity index (χ1v) is 53.9. The lowest BCUT2D eigenvalue weighted by Gasteiger charge is -2.09. The van der Waals surface area contributed by atoms with Crippen LogP contribution in [0.25, 0.3) is 141 Å². The molecule has 0 bridgehead atoms. The van der Waals surface area contributed by atoms with Crippen molar-refractivity contribution < 1.29 is 67.6 Å². The Hall–Kier alpha value is -16.3. The van der Waals surface area contributed by atoms with E-state index in [4.69, 9.17) is 75.8 Å². The van der Waals surface area contributed by atoms with Crippen molar-refractivity contribution in [1.82, 2.24) is 59.5 Å². The normalized spacial score (nSPS) is 11.5. The molecule has 0 aliphatic carbocycles. The number of hydrogen-bond acceptors (Lipinski definition) is 22. The first-order valence-electron chi connectivity index (χ1n) is 45.0. The summed E-state index contributed by atoms with van der Waals surface area (Å²) < 4.78 is 124. The van der Waals surface area contributed by atoms with E-state index in [9.17, 15) is 67.6 Å². The van der Waals surface area contributed by atoms with Crippen molar-refractivity contribution in [3.63, 3.8) is 0 Å². The van der Waals surface area contributed by atoms with Gasteiger partial charge in [0.15, 0.2) is 0 Å². The summed E-state index contributed by atoms with van der Waals surface area (Å²) in [5, 5.41) is 107. The summed E-state index contributed by atoms with van der Waals surface area (Å²) in [6, 6.07) is 113. The molecule has 0 saturated heterocycles. The molecule has 15 aromatic carbocycles. The van der Waals surface area contributed by atoms with Gasteiger partial charge in [-0.2, -0.15) is 25.5 Å². The highest BCUT2D eigenvalue weighted by molar-refractivity contribution is 7.90. The van der Waals surface area contributed by atoms with Gasteiger partial charge in [0, 0.05) is 83.8 Å². The van der Waals surface area contributed by atoms with Gasteiger partial charge in [0.1, 0.15) is 28.7 Å². The number of benzene rings is 15. The number of halogens is 3. The van der Waals surface area contributed by atoms with Gasteiger partial charge >= 0.3 is 0 Å². The predicted octanol–water partition coefficient (Wildman–Crippen LogP) is 19.2. The van der Waals surface area contributed by atoms with E-state index in [2.05, 4.69) is 20.8 Å². The third kappa shape index (κ3) is 26.2. The van der Waals surface area contributed by atoms with Gasteiger partial charge in [0.05, 0.1) is 110 Å². The first kappa shape index (κ1) is 105. The molecule has 17 N–H and O–H groups in total. The molecule has 5 aromatic heterocycles. The second kappa shape index (κ2) is 45.4. The molecule has 0 aliphatic heterocycles. The van der Waals surface area contributed by atoms with Crippen molar-refractivity contribution in [3.8, 4) is 170 Å². The van der Waals surface area contributed by atoms with Crippen LogP contribution in [0.2, 0.25) is 15.1 Å². The van der Waals surface area contributed by atoms with E-state index in [1.807, 2.05) is 148 Å². The molecule has 0 radical (unpaired) electrons. The Morgan fingerprint density at radius 1 is 0.235 bits per heavy atom. The molecule has 40 heteroatoms. The van der Waals surface area contributed by atoms with Gasteiger partial charge < -0.3 is 36.2 Å². The summed E-state index contributed by atoms with van der Waals surface area (Å²) in [7, 11) is -15.1. The van der Waals surface area contributed by atoms with Crippen LogP contribution in [0.5, 0.6) is 28.7 Å². The molecule has 0 saturated carbocycles. The fourth-order valence-electron chi connectivity index (χ4n) is 15.6. The molecule has 0 aliphatic rings. The van der Waals surface area contributed by atoms with Crippen LogP contribution in [0.1, 0.15) is 11.1 Å². The van der Waals surface area contributed by atoms with Crippen LogP contribution in [-0.2, 0) is 63.2 Å². The molecule has 20 aromatic rings. The van der Waals surface area contributed by atoms with Crippen LogP contribution in [0.3, 0.4) is 0 Å². The third-order valence-electron chi connectivity index (χ3n) is 23.1. The van der Waals surface area contributed by atoms with E-state index in [-0.39, 0.29) is 53.2 Å². The molecule has 20 rings (SSSR count). The van der Waals surface area contributed by atoms with Gasteiger partial charge in [0.25, 0.3) is 0 Å². The maximum absolute atomic E-state index is 11.6. The van der Waals surface area contributed by atoms with Gasteiger partial charge in [-0.1, -0.05) is 156 Å². The molecule has 0 amide bonds. The number of para-hydroxylation sites is 1. The summed E-state index contributed by atoms with van der Waals surface area (Å²) in [6.07, 6.45) is 0. The standard InChI is InChI=1S/2C23H22N4O3S.3C21H16ClN3O3S/c1-25-15-16-2-4-18(5-3-16)23-14-22(17-6-10-20(28)11-7-17)26-27(23)19-8-12-21(13-9-19)31(24,29)30;1-25-15-16-5-7-17(8-6-16)23-14-22(18-3-2-4-20(28)13-18)26-27(23)19-9-11-21(12-10-19)31(24,29)30;22-16-5-1-15(2-6-16)21-13-20(14-3-9-18(26)10-4-14)24-25(21)17-7-11-19(12-8-17)29(23,27)28;22-16-6-4-14(5-7-16)21-13-20(15-2-1-3-18(26)12-15)24-25(21)17-8-10-19(11-9-17)29(23,27)28;22-15-7-5-14(6-8-15)20-13-19(18-3-1-2-4-21(18)26)24-25(20)16-9-11-17(12-10-16)29(23,27)28/h2*2-14,25,28H,15H2,1H3,(H2,24,29,30);3*1-13,26H,(H2,23,27,28). The summed E-state index contributed by atoms with van der Waals surface area (Å²) in [5.41, 5.74) is 21.4. The molecule has 32 nitrogen and oxygen atoms in total. The topological polar surface area (TPSA) is 515 Å². The molecule has 0 atom stereocenters. The van der Waals surface area contributed by atoms with Crippen LogP contribution in [0.15, 0.2) is 419 Å². The van der Waals surface area contributed by atoms with E-state index < -0.39 is 50.1 Å². The van der Waals surface area contributed by atoms with Gasteiger partial charge in [-0.15, -0.1) is 0 Å². The summed E-state index contributed by atoms with van der Waals surface area (Å²) in [4.78, 5) is 0.145. The zero-order valence-electron chi connectivity index (χ0n) is 78.8. The lowest BCUT2D eigenvalue weighted by atomic mass is 10.1. The number of nitrogens with one attached hydrogen (secondary N) is 2.